The molecule has 0 atom stereocenters. The maximum Gasteiger partial charge on any atom is 0.163 e. The highest BCUT2D eigenvalue weighted by Crippen LogP contribution is 2.33. The number of hydrogen-bond donors (Lipinski definition) is 0. The van der Waals surface area contributed by atoms with E-state index in [9.17, 15) is 4.39 Å². The standard InChI is InChI=1S/C14H6Cl3FN2/c15-8-4-2-6-10-11(8)13(17)20-14(19-10)7-3-1-5-9(18)12(7)16/h1-6H. The molecule has 0 fully saturated rings. The van der Waals surface area contributed by atoms with E-state index in [1.807, 2.05) is 0 Å². The summed E-state index contributed by atoms with van der Waals surface area (Å²) in [4.78, 5) is 8.49. The average molecular weight is 328 g/mol. The van der Waals surface area contributed by atoms with E-state index in [0.29, 0.717) is 21.5 Å². The molecule has 100 valence electrons. The van der Waals surface area contributed by atoms with Crippen LogP contribution in [-0.2, 0) is 0 Å². The normalized spacial score (nSPS) is 11.0. The van der Waals surface area contributed by atoms with Gasteiger partial charge in [-0.25, -0.2) is 14.4 Å². The molecule has 0 radical (unpaired) electrons. The van der Waals surface area contributed by atoms with Gasteiger partial charge in [0.25, 0.3) is 0 Å². The topological polar surface area (TPSA) is 25.8 Å². The molecule has 0 amide bonds. The fourth-order valence-electron chi connectivity index (χ4n) is 1.90. The second kappa shape index (κ2) is 5.17. The molecule has 0 aliphatic carbocycles. The summed E-state index contributed by atoms with van der Waals surface area (Å²) in [5, 5.41) is 1.19. The van der Waals surface area contributed by atoms with Crippen LogP contribution in [0.4, 0.5) is 4.39 Å². The van der Waals surface area contributed by atoms with Gasteiger partial charge in [-0.05, 0) is 24.3 Å². The van der Waals surface area contributed by atoms with Crippen molar-refractivity contribution in [3.63, 3.8) is 0 Å². The summed E-state index contributed by atoms with van der Waals surface area (Å²) in [6.45, 7) is 0. The summed E-state index contributed by atoms with van der Waals surface area (Å²) >= 11 is 18.1. The zero-order chi connectivity index (χ0) is 14.3. The van der Waals surface area contributed by atoms with Crippen molar-refractivity contribution in [3.8, 4) is 11.4 Å². The van der Waals surface area contributed by atoms with Gasteiger partial charge >= 0.3 is 0 Å². The number of aromatic nitrogens is 2. The first-order valence-electron chi connectivity index (χ1n) is 5.64. The molecule has 2 nitrogen and oxygen atoms in total. The quantitative estimate of drug-likeness (QED) is 0.560. The van der Waals surface area contributed by atoms with Gasteiger partial charge in [0, 0.05) is 5.56 Å². The van der Waals surface area contributed by atoms with E-state index in [-0.39, 0.29) is 16.0 Å². The second-order valence-corrected chi connectivity index (χ2v) is 5.22. The van der Waals surface area contributed by atoms with Crippen molar-refractivity contribution in [2.45, 2.75) is 0 Å². The summed E-state index contributed by atoms with van der Waals surface area (Å²) < 4.78 is 13.5. The highest BCUT2D eigenvalue weighted by molar-refractivity contribution is 6.41. The van der Waals surface area contributed by atoms with Gasteiger partial charge in [0.05, 0.1) is 20.9 Å². The van der Waals surface area contributed by atoms with Crippen molar-refractivity contribution >= 4 is 45.7 Å². The lowest BCUT2D eigenvalue weighted by Gasteiger charge is -2.07. The van der Waals surface area contributed by atoms with E-state index in [0.717, 1.165) is 0 Å². The summed E-state index contributed by atoms with van der Waals surface area (Å²) in [6.07, 6.45) is 0. The Balaban J connectivity index is 2.31. The molecule has 6 heteroatoms. The second-order valence-electron chi connectivity index (χ2n) is 4.07. The van der Waals surface area contributed by atoms with E-state index in [4.69, 9.17) is 34.8 Å². The van der Waals surface area contributed by atoms with Crippen LogP contribution in [0.25, 0.3) is 22.3 Å². The number of fused-ring (bicyclic) bond motifs is 1. The molecule has 0 saturated heterocycles. The van der Waals surface area contributed by atoms with E-state index < -0.39 is 5.82 Å². The van der Waals surface area contributed by atoms with Gasteiger partial charge in [-0.3, -0.25) is 0 Å². The minimum absolute atomic E-state index is 0.0371. The van der Waals surface area contributed by atoms with Crippen LogP contribution in [0, 0.1) is 5.82 Å². The van der Waals surface area contributed by atoms with Gasteiger partial charge in [0.1, 0.15) is 11.0 Å². The third-order valence-electron chi connectivity index (χ3n) is 2.82. The minimum Gasteiger partial charge on any atom is -0.228 e. The van der Waals surface area contributed by atoms with Crippen molar-refractivity contribution in [1.82, 2.24) is 9.97 Å². The molecule has 0 spiro atoms. The number of hydrogen-bond acceptors (Lipinski definition) is 2. The lowest BCUT2D eigenvalue weighted by atomic mass is 10.2. The third-order valence-corrected chi connectivity index (χ3v) is 3.79. The Labute approximate surface area is 129 Å². The molecular weight excluding hydrogens is 322 g/mol. The van der Waals surface area contributed by atoms with Gasteiger partial charge in [-0.1, -0.05) is 46.9 Å². The van der Waals surface area contributed by atoms with Gasteiger partial charge in [0.2, 0.25) is 0 Å². The predicted molar refractivity (Wildman–Crippen MR) is 80.0 cm³/mol. The molecule has 3 rings (SSSR count). The molecule has 20 heavy (non-hydrogen) atoms. The number of halogens is 4. The van der Waals surface area contributed by atoms with Crippen molar-refractivity contribution < 1.29 is 4.39 Å². The highest BCUT2D eigenvalue weighted by Gasteiger charge is 2.14. The van der Waals surface area contributed by atoms with Crippen molar-refractivity contribution in [2.24, 2.45) is 0 Å². The van der Waals surface area contributed by atoms with Crippen molar-refractivity contribution in [3.05, 3.63) is 57.4 Å². The monoisotopic (exact) mass is 326 g/mol. The molecule has 0 bridgehead atoms. The van der Waals surface area contributed by atoms with Crippen LogP contribution >= 0.6 is 34.8 Å². The molecule has 0 unspecified atom stereocenters. The van der Waals surface area contributed by atoms with Gasteiger partial charge < -0.3 is 0 Å². The SMILES string of the molecule is Fc1cccc(-c2nc(Cl)c3c(Cl)cccc3n2)c1Cl. The Morgan fingerprint density at radius 1 is 0.900 bits per heavy atom. The van der Waals surface area contributed by atoms with Crippen LogP contribution in [0.15, 0.2) is 36.4 Å². The van der Waals surface area contributed by atoms with E-state index in [1.54, 1.807) is 24.3 Å². The number of benzene rings is 2. The van der Waals surface area contributed by atoms with Crippen LogP contribution in [0.5, 0.6) is 0 Å². The predicted octanol–water partition coefficient (Wildman–Crippen LogP) is 5.40. The largest absolute Gasteiger partial charge is 0.228 e. The van der Waals surface area contributed by atoms with E-state index in [2.05, 4.69) is 9.97 Å². The molecule has 0 saturated carbocycles. The lowest BCUT2D eigenvalue weighted by Crippen LogP contribution is -1.94. The van der Waals surface area contributed by atoms with Crippen LogP contribution < -0.4 is 0 Å². The number of nitrogens with zero attached hydrogens (tertiary/aromatic N) is 2. The lowest BCUT2D eigenvalue weighted by molar-refractivity contribution is 0.628. The zero-order valence-corrected chi connectivity index (χ0v) is 12.1. The maximum absolute atomic E-state index is 13.5. The summed E-state index contributed by atoms with van der Waals surface area (Å²) in [6, 6.07) is 9.65. The first-order chi connectivity index (χ1) is 9.58. The van der Waals surface area contributed by atoms with E-state index >= 15 is 0 Å². The average Bonchev–Trinajstić information content (AvgIpc) is 2.41. The molecular formula is C14H6Cl3FN2. The zero-order valence-electron chi connectivity index (χ0n) is 9.87. The summed E-state index contributed by atoms with van der Waals surface area (Å²) in [5.74, 6) is -0.274. The Morgan fingerprint density at radius 2 is 1.65 bits per heavy atom. The molecule has 2 aromatic carbocycles. The Hall–Kier alpha value is -1.42. The molecule has 0 N–H and O–H groups in total. The maximum atomic E-state index is 13.5. The Morgan fingerprint density at radius 3 is 2.45 bits per heavy atom. The number of rotatable bonds is 1. The van der Waals surface area contributed by atoms with Crippen LogP contribution in [0.1, 0.15) is 0 Å². The van der Waals surface area contributed by atoms with E-state index in [1.165, 1.54) is 12.1 Å². The highest BCUT2D eigenvalue weighted by atomic mass is 35.5. The third kappa shape index (κ3) is 2.22. The van der Waals surface area contributed by atoms with Gasteiger partial charge in [-0.15, -0.1) is 0 Å². The Kier molecular flexibility index (Phi) is 3.50. The van der Waals surface area contributed by atoms with Gasteiger partial charge in [0.15, 0.2) is 5.82 Å². The first kappa shape index (κ1) is 13.6. The Bertz CT molecular complexity index is 821. The summed E-state index contributed by atoms with van der Waals surface area (Å²) in [7, 11) is 0. The molecule has 1 aromatic heterocycles. The smallest absolute Gasteiger partial charge is 0.163 e. The minimum atomic E-state index is -0.532. The first-order valence-corrected chi connectivity index (χ1v) is 6.77. The van der Waals surface area contributed by atoms with Crippen LogP contribution in [0.3, 0.4) is 0 Å². The van der Waals surface area contributed by atoms with Crippen LogP contribution in [0.2, 0.25) is 15.2 Å². The fourth-order valence-corrected chi connectivity index (χ4v) is 2.69. The molecule has 0 aliphatic heterocycles. The van der Waals surface area contributed by atoms with Gasteiger partial charge in [-0.2, -0.15) is 0 Å². The van der Waals surface area contributed by atoms with Crippen molar-refractivity contribution in [1.29, 1.82) is 0 Å². The molecule has 0 aliphatic rings. The molecule has 3 aromatic rings. The summed E-state index contributed by atoms with van der Waals surface area (Å²) in [5.41, 5.74) is 0.961. The van der Waals surface area contributed by atoms with Crippen LogP contribution in [-0.4, -0.2) is 9.97 Å². The fraction of sp³-hybridized carbons (Fsp3) is 0. The van der Waals surface area contributed by atoms with Crippen molar-refractivity contribution in [2.75, 3.05) is 0 Å². The molecule has 1 heterocycles.